The van der Waals surface area contributed by atoms with Gasteiger partial charge in [0.05, 0.1) is 20.8 Å². The standard InChI is InChI=1S/C14H13NO4/c1-17-11-5-3-10(4-6-11)15-7-9-8-19-14(18-2)12(9)13(15)16/h3-6,8H,7H2,1-2H3. The maximum absolute atomic E-state index is 12.3. The molecule has 0 atom stereocenters. The van der Waals surface area contributed by atoms with Gasteiger partial charge in [0.2, 0.25) is 0 Å². The highest BCUT2D eigenvalue weighted by Crippen LogP contribution is 2.35. The van der Waals surface area contributed by atoms with Crippen LogP contribution in [0.3, 0.4) is 0 Å². The van der Waals surface area contributed by atoms with Gasteiger partial charge < -0.3 is 18.8 Å². The van der Waals surface area contributed by atoms with Crippen molar-refractivity contribution in [3.05, 3.63) is 41.7 Å². The third-order valence-electron chi connectivity index (χ3n) is 3.19. The highest BCUT2D eigenvalue weighted by Gasteiger charge is 2.34. The number of hydrogen-bond acceptors (Lipinski definition) is 4. The Morgan fingerprint density at radius 1 is 1.16 bits per heavy atom. The Labute approximate surface area is 110 Å². The molecule has 0 bridgehead atoms. The topological polar surface area (TPSA) is 51.9 Å². The van der Waals surface area contributed by atoms with Crippen LogP contribution in [0.25, 0.3) is 0 Å². The molecule has 1 aliphatic rings. The highest BCUT2D eigenvalue weighted by molar-refractivity contribution is 6.11. The van der Waals surface area contributed by atoms with Crippen molar-refractivity contribution in [3.8, 4) is 11.7 Å². The minimum absolute atomic E-state index is 0.106. The Bertz CT molecular complexity index is 615. The Kier molecular flexibility index (Phi) is 2.67. The van der Waals surface area contributed by atoms with E-state index in [1.165, 1.54) is 7.11 Å². The van der Waals surface area contributed by atoms with Crippen LogP contribution >= 0.6 is 0 Å². The minimum atomic E-state index is -0.106. The summed E-state index contributed by atoms with van der Waals surface area (Å²) in [5.41, 5.74) is 2.18. The lowest BCUT2D eigenvalue weighted by atomic mass is 10.2. The normalized spacial score (nSPS) is 13.6. The van der Waals surface area contributed by atoms with Gasteiger partial charge in [-0.05, 0) is 24.3 Å². The molecule has 5 heteroatoms. The monoisotopic (exact) mass is 259 g/mol. The van der Waals surface area contributed by atoms with Crippen molar-refractivity contribution in [2.45, 2.75) is 6.54 Å². The number of carbonyl (C=O) groups is 1. The fraction of sp³-hybridized carbons (Fsp3) is 0.214. The van der Waals surface area contributed by atoms with Gasteiger partial charge in [0.25, 0.3) is 11.9 Å². The fourth-order valence-corrected chi connectivity index (χ4v) is 2.21. The number of ether oxygens (including phenoxy) is 2. The van der Waals surface area contributed by atoms with Gasteiger partial charge in [-0.25, -0.2) is 0 Å². The summed E-state index contributed by atoms with van der Waals surface area (Å²) in [5.74, 6) is 0.928. The van der Waals surface area contributed by atoms with Crippen LogP contribution in [0.2, 0.25) is 0 Å². The van der Waals surface area contributed by atoms with Crippen LogP contribution in [0.15, 0.2) is 34.9 Å². The van der Waals surface area contributed by atoms with E-state index in [0.29, 0.717) is 12.1 Å². The molecule has 1 aromatic heterocycles. The number of hydrogen-bond donors (Lipinski definition) is 0. The van der Waals surface area contributed by atoms with Gasteiger partial charge in [0, 0.05) is 11.3 Å². The lowest BCUT2D eigenvalue weighted by Crippen LogP contribution is -2.23. The molecule has 0 fully saturated rings. The van der Waals surface area contributed by atoms with Gasteiger partial charge in [-0.3, -0.25) is 4.79 Å². The average Bonchev–Trinajstić information content (AvgIpc) is 3.00. The van der Waals surface area contributed by atoms with Crippen LogP contribution in [0, 0.1) is 0 Å². The molecule has 0 saturated heterocycles. The van der Waals surface area contributed by atoms with E-state index in [4.69, 9.17) is 13.9 Å². The first-order valence-corrected chi connectivity index (χ1v) is 5.85. The molecule has 0 unspecified atom stereocenters. The number of furan rings is 1. The van der Waals surface area contributed by atoms with Crippen molar-refractivity contribution in [1.29, 1.82) is 0 Å². The number of nitrogens with zero attached hydrogens (tertiary/aromatic N) is 1. The van der Waals surface area contributed by atoms with E-state index in [0.717, 1.165) is 17.0 Å². The maximum Gasteiger partial charge on any atom is 0.297 e. The van der Waals surface area contributed by atoms with Gasteiger partial charge >= 0.3 is 0 Å². The minimum Gasteiger partial charge on any atom is -0.497 e. The van der Waals surface area contributed by atoms with Crippen molar-refractivity contribution < 1.29 is 18.7 Å². The van der Waals surface area contributed by atoms with E-state index < -0.39 is 0 Å². The van der Waals surface area contributed by atoms with Crippen molar-refractivity contribution in [1.82, 2.24) is 0 Å². The Hall–Kier alpha value is -2.43. The second-order valence-electron chi connectivity index (χ2n) is 4.22. The Balaban J connectivity index is 1.92. The number of amides is 1. The van der Waals surface area contributed by atoms with E-state index >= 15 is 0 Å². The van der Waals surface area contributed by atoms with Crippen LogP contribution in [0.4, 0.5) is 5.69 Å². The molecule has 0 N–H and O–H groups in total. The van der Waals surface area contributed by atoms with E-state index in [1.807, 2.05) is 24.3 Å². The predicted octanol–water partition coefficient (Wildman–Crippen LogP) is 2.46. The number of benzene rings is 1. The van der Waals surface area contributed by atoms with Crippen LogP contribution in [0.1, 0.15) is 15.9 Å². The molecule has 5 nitrogen and oxygen atoms in total. The van der Waals surface area contributed by atoms with Gasteiger partial charge in [-0.2, -0.15) is 0 Å². The second kappa shape index (κ2) is 4.35. The summed E-state index contributed by atoms with van der Waals surface area (Å²) in [7, 11) is 3.10. The molecule has 0 aliphatic carbocycles. The smallest absolute Gasteiger partial charge is 0.297 e. The van der Waals surface area contributed by atoms with Gasteiger partial charge in [0.1, 0.15) is 17.6 Å². The van der Waals surface area contributed by atoms with E-state index in [2.05, 4.69) is 0 Å². The third kappa shape index (κ3) is 1.74. The molecule has 0 saturated carbocycles. The third-order valence-corrected chi connectivity index (χ3v) is 3.19. The number of fused-ring (bicyclic) bond motifs is 1. The zero-order valence-electron chi connectivity index (χ0n) is 10.7. The zero-order valence-corrected chi connectivity index (χ0v) is 10.7. The molecule has 2 heterocycles. The lowest BCUT2D eigenvalue weighted by molar-refractivity contribution is 0.0990. The largest absolute Gasteiger partial charge is 0.497 e. The lowest BCUT2D eigenvalue weighted by Gasteiger charge is -2.16. The van der Waals surface area contributed by atoms with Gasteiger partial charge in [-0.1, -0.05) is 0 Å². The van der Waals surface area contributed by atoms with E-state index in [9.17, 15) is 4.79 Å². The van der Waals surface area contributed by atoms with Crippen molar-refractivity contribution in [2.75, 3.05) is 19.1 Å². The van der Waals surface area contributed by atoms with Crippen LogP contribution in [-0.4, -0.2) is 20.1 Å². The highest BCUT2D eigenvalue weighted by atomic mass is 16.6. The fourth-order valence-electron chi connectivity index (χ4n) is 2.21. The molecule has 98 valence electrons. The summed E-state index contributed by atoms with van der Waals surface area (Å²) in [6.07, 6.45) is 1.57. The summed E-state index contributed by atoms with van der Waals surface area (Å²) < 4.78 is 15.3. The quantitative estimate of drug-likeness (QED) is 0.849. The molecule has 2 aromatic rings. The zero-order chi connectivity index (χ0) is 13.4. The van der Waals surface area contributed by atoms with Gasteiger partial charge in [0.15, 0.2) is 0 Å². The maximum atomic E-state index is 12.3. The summed E-state index contributed by atoms with van der Waals surface area (Å²) in [6, 6.07) is 7.36. The SMILES string of the molecule is COc1ccc(N2Cc3coc(OC)c3C2=O)cc1. The molecule has 1 aromatic carbocycles. The molecule has 3 rings (SSSR count). The van der Waals surface area contributed by atoms with E-state index in [1.54, 1.807) is 18.3 Å². The molecule has 0 radical (unpaired) electrons. The first kappa shape index (κ1) is 11.6. The molecular weight excluding hydrogens is 246 g/mol. The van der Waals surface area contributed by atoms with Crippen molar-refractivity contribution in [2.24, 2.45) is 0 Å². The summed E-state index contributed by atoms with van der Waals surface area (Å²) in [4.78, 5) is 14.0. The predicted molar refractivity (Wildman–Crippen MR) is 68.8 cm³/mol. The first-order chi connectivity index (χ1) is 9.24. The summed E-state index contributed by atoms with van der Waals surface area (Å²) >= 11 is 0. The number of carbonyl (C=O) groups excluding carboxylic acids is 1. The number of rotatable bonds is 3. The number of methoxy groups -OCH3 is 2. The Morgan fingerprint density at radius 2 is 1.89 bits per heavy atom. The van der Waals surface area contributed by atoms with E-state index in [-0.39, 0.29) is 11.9 Å². The molecule has 0 spiro atoms. The molecular formula is C14H13NO4. The number of anilines is 1. The Morgan fingerprint density at radius 3 is 2.53 bits per heavy atom. The summed E-state index contributed by atoms with van der Waals surface area (Å²) in [6.45, 7) is 0.493. The van der Waals surface area contributed by atoms with Crippen molar-refractivity contribution >= 4 is 11.6 Å². The van der Waals surface area contributed by atoms with Crippen LogP contribution in [0.5, 0.6) is 11.7 Å². The van der Waals surface area contributed by atoms with Gasteiger partial charge in [-0.15, -0.1) is 0 Å². The summed E-state index contributed by atoms with van der Waals surface area (Å²) in [5, 5.41) is 0. The van der Waals surface area contributed by atoms with Crippen molar-refractivity contribution in [3.63, 3.8) is 0 Å². The first-order valence-electron chi connectivity index (χ1n) is 5.85. The molecule has 1 aliphatic heterocycles. The molecule has 19 heavy (non-hydrogen) atoms. The van der Waals surface area contributed by atoms with Crippen LogP contribution < -0.4 is 14.4 Å². The second-order valence-corrected chi connectivity index (χ2v) is 4.22. The van der Waals surface area contributed by atoms with Crippen LogP contribution in [-0.2, 0) is 6.54 Å². The molecule has 1 amide bonds. The average molecular weight is 259 g/mol.